The maximum atomic E-state index is 12.3. The highest BCUT2D eigenvalue weighted by Crippen LogP contribution is 2.33. The van der Waals surface area contributed by atoms with Crippen molar-refractivity contribution >= 4 is 17.6 Å². The van der Waals surface area contributed by atoms with E-state index in [1.165, 1.54) is 18.2 Å². The molecular formula is C18H22N2O7. The third-order valence-electron chi connectivity index (χ3n) is 5.20. The van der Waals surface area contributed by atoms with E-state index in [1.54, 1.807) is 11.0 Å². The molecule has 0 saturated carbocycles. The van der Waals surface area contributed by atoms with Crippen molar-refractivity contribution in [3.05, 3.63) is 34.4 Å². The van der Waals surface area contributed by atoms with Crippen molar-refractivity contribution in [1.29, 1.82) is 0 Å². The summed E-state index contributed by atoms with van der Waals surface area (Å²) in [5.74, 6) is -1.07. The first-order valence-corrected chi connectivity index (χ1v) is 8.95. The van der Waals surface area contributed by atoms with Gasteiger partial charge in [0.1, 0.15) is 5.75 Å². The van der Waals surface area contributed by atoms with Crippen LogP contribution in [0.25, 0.3) is 0 Å². The lowest BCUT2D eigenvalue weighted by molar-refractivity contribution is -0.384. The minimum Gasteiger partial charge on any atom is -0.484 e. The van der Waals surface area contributed by atoms with Gasteiger partial charge in [-0.15, -0.1) is 0 Å². The highest BCUT2D eigenvalue weighted by atomic mass is 16.6. The summed E-state index contributed by atoms with van der Waals surface area (Å²) in [6, 6.07) is 5.71. The molecule has 9 heteroatoms. The number of amides is 1. The number of carboxylic acids is 1. The Morgan fingerprint density at radius 3 is 2.70 bits per heavy atom. The van der Waals surface area contributed by atoms with Gasteiger partial charge in [-0.05, 0) is 31.2 Å². The Labute approximate surface area is 156 Å². The lowest BCUT2D eigenvalue weighted by Crippen LogP contribution is -2.44. The first-order valence-electron chi connectivity index (χ1n) is 8.95. The molecule has 0 spiro atoms. The summed E-state index contributed by atoms with van der Waals surface area (Å²) < 4.78 is 11.0. The van der Waals surface area contributed by atoms with Gasteiger partial charge in [0.25, 0.3) is 11.6 Å². The van der Waals surface area contributed by atoms with Crippen molar-refractivity contribution in [2.45, 2.75) is 25.4 Å². The fraction of sp³-hybridized carbons (Fsp3) is 0.556. The first-order chi connectivity index (χ1) is 13.0. The average Bonchev–Trinajstić information content (AvgIpc) is 3.16. The number of hydrogen-bond acceptors (Lipinski definition) is 6. The molecule has 1 aromatic rings. The minimum absolute atomic E-state index is 0.0923. The number of carbonyl (C=O) groups excluding carboxylic acids is 1. The second kappa shape index (κ2) is 8.34. The SMILES string of the molecule is O=C(O)C1CCO[C@H]1C1CCN(C(=O)COc2cccc([N+](=O)[O-])c2)CC1. The summed E-state index contributed by atoms with van der Waals surface area (Å²) in [5, 5.41) is 20.1. The Bertz CT molecular complexity index is 715. The van der Waals surface area contributed by atoms with Crippen molar-refractivity contribution in [3.63, 3.8) is 0 Å². The molecule has 2 heterocycles. The topological polar surface area (TPSA) is 119 Å². The van der Waals surface area contributed by atoms with Crippen LogP contribution in [0.3, 0.4) is 0 Å². The van der Waals surface area contributed by atoms with Gasteiger partial charge in [-0.3, -0.25) is 19.7 Å². The second-order valence-corrected chi connectivity index (χ2v) is 6.83. The highest BCUT2D eigenvalue weighted by molar-refractivity contribution is 5.78. The zero-order valence-corrected chi connectivity index (χ0v) is 14.8. The van der Waals surface area contributed by atoms with Crippen LogP contribution in [0.15, 0.2) is 24.3 Å². The van der Waals surface area contributed by atoms with Crippen LogP contribution in [0.4, 0.5) is 5.69 Å². The van der Waals surface area contributed by atoms with Crippen molar-refractivity contribution < 1.29 is 29.1 Å². The van der Waals surface area contributed by atoms with Crippen LogP contribution < -0.4 is 4.74 Å². The van der Waals surface area contributed by atoms with E-state index in [0.717, 1.165) is 0 Å². The summed E-state index contributed by atoms with van der Waals surface area (Å²) in [6.45, 7) is 1.32. The van der Waals surface area contributed by atoms with E-state index >= 15 is 0 Å². The van der Waals surface area contributed by atoms with E-state index in [9.17, 15) is 24.8 Å². The van der Waals surface area contributed by atoms with Gasteiger partial charge in [-0.2, -0.15) is 0 Å². The Hall–Kier alpha value is -2.68. The van der Waals surface area contributed by atoms with Crippen molar-refractivity contribution in [3.8, 4) is 5.75 Å². The summed E-state index contributed by atoms with van der Waals surface area (Å²) >= 11 is 0. The number of ether oxygens (including phenoxy) is 2. The standard InChI is InChI=1S/C18H22N2O7/c21-16(11-27-14-3-1-2-13(10-14)20(24)25)19-7-4-12(5-8-19)17-15(18(22)23)6-9-26-17/h1-3,10,12,15,17H,4-9,11H2,(H,22,23)/t15?,17-/m0/s1. The molecule has 1 N–H and O–H groups in total. The summed E-state index contributed by atoms with van der Waals surface area (Å²) in [4.78, 5) is 35.6. The zero-order valence-electron chi connectivity index (χ0n) is 14.8. The molecule has 1 amide bonds. The van der Waals surface area contributed by atoms with Crippen molar-refractivity contribution in [2.75, 3.05) is 26.3 Å². The number of likely N-dealkylation sites (tertiary alicyclic amines) is 1. The normalized spacial score (nSPS) is 23.2. The van der Waals surface area contributed by atoms with Crippen molar-refractivity contribution in [2.24, 2.45) is 11.8 Å². The fourth-order valence-corrected chi connectivity index (χ4v) is 3.74. The van der Waals surface area contributed by atoms with E-state index in [4.69, 9.17) is 9.47 Å². The Morgan fingerprint density at radius 2 is 2.04 bits per heavy atom. The first kappa shape index (κ1) is 19.1. The molecule has 27 heavy (non-hydrogen) atoms. The smallest absolute Gasteiger partial charge is 0.309 e. The number of hydrogen-bond donors (Lipinski definition) is 1. The Morgan fingerprint density at radius 1 is 1.30 bits per heavy atom. The van der Waals surface area contributed by atoms with Gasteiger partial charge >= 0.3 is 5.97 Å². The molecule has 1 unspecified atom stereocenters. The number of non-ortho nitro benzene ring substituents is 1. The van der Waals surface area contributed by atoms with Gasteiger partial charge in [0.05, 0.1) is 23.0 Å². The molecule has 2 saturated heterocycles. The number of piperidine rings is 1. The molecular weight excluding hydrogens is 356 g/mol. The third-order valence-corrected chi connectivity index (χ3v) is 5.20. The molecule has 2 fully saturated rings. The van der Waals surface area contributed by atoms with Crippen LogP contribution in [-0.2, 0) is 14.3 Å². The van der Waals surface area contributed by atoms with Crippen LogP contribution in [0.5, 0.6) is 5.75 Å². The molecule has 9 nitrogen and oxygen atoms in total. The summed E-state index contributed by atoms with van der Waals surface area (Å²) in [7, 11) is 0. The number of aliphatic carboxylic acids is 1. The van der Waals surface area contributed by atoms with Crippen LogP contribution in [0, 0.1) is 22.0 Å². The van der Waals surface area contributed by atoms with Gasteiger partial charge in [-0.1, -0.05) is 6.07 Å². The number of rotatable bonds is 6. The lowest BCUT2D eigenvalue weighted by atomic mass is 9.84. The third kappa shape index (κ3) is 4.54. The largest absolute Gasteiger partial charge is 0.484 e. The predicted molar refractivity (Wildman–Crippen MR) is 93.4 cm³/mol. The maximum Gasteiger partial charge on any atom is 0.309 e. The van der Waals surface area contributed by atoms with Gasteiger partial charge in [0.15, 0.2) is 6.61 Å². The molecule has 2 aliphatic rings. The van der Waals surface area contributed by atoms with E-state index < -0.39 is 16.8 Å². The van der Waals surface area contributed by atoms with E-state index in [-0.39, 0.29) is 36.0 Å². The molecule has 1 aromatic carbocycles. The van der Waals surface area contributed by atoms with Gasteiger partial charge in [-0.25, -0.2) is 0 Å². The molecule has 3 rings (SSSR count). The van der Waals surface area contributed by atoms with Gasteiger partial charge in [0, 0.05) is 25.8 Å². The summed E-state index contributed by atoms with van der Waals surface area (Å²) in [6.07, 6.45) is 1.64. The quantitative estimate of drug-likeness (QED) is 0.591. The molecule has 0 aromatic heterocycles. The Kier molecular flexibility index (Phi) is 5.90. The second-order valence-electron chi connectivity index (χ2n) is 6.83. The predicted octanol–water partition coefficient (Wildman–Crippen LogP) is 1.70. The number of nitro groups is 1. The monoisotopic (exact) mass is 378 g/mol. The molecule has 0 aliphatic carbocycles. The zero-order chi connectivity index (χ0) is 19.4. The van der Waals surface area contributed by atoms with E-state index in [1.807, 2.05) is 0 Å². The van der Waals surface area contributed by atoms with Crippen molar-refractivity contribution in [1.82, 2.24) is 4.90 Å². The van der Waals surface area contributed by atoms with Crippen LogP contribution in [0.2, 0.25) is 0 Å². The minimum atomic E-state index is -0.818. The molecule has 2 aliphatic heterocycles. The average molecular weight is 378 g/mol. The van der Waals surface area contributed by atoms with Crippen LogP contribution in [-0.4, -0.2) is 59.2 Å². The lowest BCUT2D eigenvalue weighted by Gasteiger charge is -2.35. The number of carbonyl (C=O) groups is 2. The molecule has 0 radical (unpaired) electrons. The fourth-order valence-electron chi connectivity index (χ4n) is 3.74. The highest BCUT2D eigenvalue weighted by Gasteiger charge is 2.40. The summed E-state index contributed by atoms with van der Waals surface area (Å²) in [5.41, 5.74) is -0.0923. The maximum absolute atomic E-state index is 12.3. The number of benzene rings is 1. The van der Waals surface area contributed by atoms with E-state index in [2.05, 4.69) is 0 Å². The molecule has 0 bridgehead atoms. The molecule has 2 atom stereocenters. The van der Waals surface area contributed by atoms with Crippen LogP contribution >= 0.6 is 0 Å². The number of nitro benzene ring substituents is 1. The Balaban J connectivity index is 1.48. The van der Waals surface area contributed by atoms with E-state index in [0.29, 0.717) is 39.0 Å². The van der Waals surface area contributed by atoms with Gasteiger partial charge in [0.2, 0.25) is 0 Å². The van der Waals surface area contributed by atoms with Crippen LogP contribution in [0.1, 0.15) is 19.3 Å². The number of carboxylic acid groups (broad SMARTS) is 1. The number of nitrogens with zero attached hydrogens (tertiary/aromatic N) is 2. The van der Waals surface area contributed by atoms with Gasteiger partial charge < -0.3 is 19.5 Å². The molecule has 146 valence electrons.